The van der Waals surface area contributed by atoms with Crippen molar-refractivity contribution in [3.63, 3.8) is 0 Å². The molecule has 0 bridgehead atoms. The van der Waals surface area contributed by atoms with E-state index in [-0.39, 0.29) is 5.56 Å². The van der Waals surface area contributed by atoms with E-state index in [0.29, 0.717) is 16.4 Å². The van der Waals surface area contributed by atoms with Crippen molar-refractivity contribution in [3.05, 3.63) is 57.9 Å². The number of halogens is 1. The van der Waals surface area contributed by atoms with Gasteiger partial charge in [-0.25, -0.2) is 0 Å². The van der Waals surface area contributed by atoms with Crippen molar-refractivity contribution in [3.8, 4) is 5.69 Å². The fourth-order valence-electron chi connectivity index (χ4n) is 2.16. The normalized spacial score (nSPS) is 11.1. The zero-order valence-corrected chi connectivity index (χ0v) is 11.7. The van der Waals surface area contributed by atoms with Gasteiger partial charge in [-0.1, -0.05) is 24.6 Å². The number of benzene rings is 1. The Morgan fingerprint density at radius 3 is 2.85 bits per heavy atom. The molecule has 3 aromatic rings. The Balaban J connectivity index is 2.20. The minimum atomic E-state index is -0.204. The average molecular weight is 289 g/mol. The quantitative estimate of drug-likeness (QED) is 0.744. The maximum atomic E-state index is 12.5. The van der Waals surface area contributed by atoms with Crippen LogP contribution in [0.3, 0.4) is 0 Å². The zero-order chi connectivity index (χ0) is 14.1. The fraction of sp³-hybridized carbons (Fsp3) is 0.214. The summed E-state index contributed by atoms with van der Waals surface area (Å²) in [5.41, 5.74) is 0.839. The first-order valence-corrected chi connectivity index (χ1v) is 6.79. The Morgan fingerprint density at radius 2 is 2.10 bits per heavy atom. The first kappa shape index (κ1) is 12.9. The van der Waals surface area contributed by atoms with E-state index in [0.717, 1.165) is 18.7 Å². The summed E-state index contributed by atoms with van der Waals surface area (Å²) in [5.74, 6) is 0.804. The molecule has 0 aliphatic heterocycles. The summed E-state index contributed by atoms with van der Waals surface area (Å²) in [6, 6.07) is 7.14. The minimum absolute atomic E-state index is 0.204. The smallest absolute Gasteiger partial charge is 0.280 e. The van der Waals surface area contributed by atoms with Crippen LogP contribution in [-0.2, 0) is 6.42 Å². The Labute approximate surface area is 120 Å². The average Bonchev–Trinajstić information content (AvgIpc) is 2.84. The van der Waals surface area contributed by atoms with Gasteiger partial charge in [-0.15, -0.1) is 10.2 Å². The highest BCUT2D eigenvalue weighted by atomic mass is 35.5. The molecule has 0 saturated carbocycles. The molecule has 0 N–H and O–H groups in total. The molecular weight excluding hydrogens is 276 g/mol. The first-order valence-electron chi connectivity index (χ1n) is 6.42. The van der Waals surface area contributed by atoms with E-state index in [1.807, 2.05) is 12.3 Å². The van der Waals surface area contributed by atoms with Crippen LogP contribution in [0.1, 0.15) is 19.2 Å². The maximum absolute atomic E-state index is 12.5. The second kappa shape index (κ2) is 5.09. The van der Waals surface area contributed by atoms with E-state index >= 15 is 0 Å². The number of hydrogen-bond donors (Lipinski definition) is 0. The lowest BCUT2D eigenvalue weighted by molar-refractivity contribution is 0.813. The van der Waals surface area contributed by atoms with Gasteiger partial charge in [-0.3, -0.25) is 13.8 Å². The molecule has 0 atom stereocenters. The predicted molar refractivity (Wildman–Crippen MR) is 77.6 cm³/mol. The fourth-order valence-corrected chi connectivity index (χ4v) is 2.34. The van der Waals surface area contributed by atoms with Gasteiger partial charge in [-0.05, 0) is 24.6 Å². The molecule has 0 spiro atoms. The van der Waals surface area contributed by atoms with Crippen LogP contribution in [0.15, 0.2) is 41.5 Å². The van der Waals surface area contributed by atoms with Crippen LogP contribution in [0.25, 0.3) is 11.3 Å². The van der Waals surface area contributed by atoms with Crippen molar-refractivity contribution < 1.29 is 0 Å². The SMILES string of the molecule is CCCc1nnc2c(=O)n(-c3cccc(Cl)c3)ccn12. The molecule has 2 heterocycles. The molecule has 0 radical (unpaired) electrons. The molecule has 0 aliphatic carbocycles. The third-order valence-corrected chi connectivity index (χ3v) is 3.34. The van der Waals surface area contributed by atoms with E-state index in [1.54, 1.807) is 28.8 Å². The molecule has 0 amide bonds. The second-order valence-corrected chi connectivity index (χ2v) is 4.95. The largest absolute Gasteiger partial charge is 0.300 e. The van der Waals surface area contributed by atoms with Gasteiger partial charge < -0.3 is 0 Å². The zero-order valence-electron chi connectivity index (χ0n) is 11.0. The van der Waals surface area contributed by atoms with E-state index in [1.165, 1.54) is 4.57 Å². The van der Waals surface area contributed by atoms with Crippen LogP contribution in [0.4, 0.5) is 0 Å². The minimum Gasteiger partial charge on any atom is -0.280 e. The van der Waals surface area contributed by atoms with Crippen molar-refractivity contribution in [2.45, 2.75) is 19.8 Å². The van der Waals surface area contributed by atoms with Crippen molar-refractivity contribution >= 4 is 17.2 Å². The molecule has 102 valence electrons. The summed E-state index contributed by atoms with van der Waals surface area (Å²) < 4.78 is 3.26. The lowest BCUT2D eigenvalue weighted by atomic mass is 10.3. The van der Waals surface area contributed by atoms with Crippen LogP contribution >= 0.6 is 11.6 Å². The van der Waals surface area contributed by atoms with E-state index in [2.05, 4.69) is 17.1 Å². The molecule has 5 nitrogen and oxygen atoms in total. The van der Waals surface area contributed by atoms with Gasteiger partial charge in [0.05, 0.1) is 5.69 Å². The number of rotatable bonds is 3. The van der Waals surface area contributed by atoms with Gasteiger partial charge in [0.25, 0.3) is 0 Å². The highest BCUT2D eigenvalue weighted by molar-refractivity contribution is 6.30. The summed E-state index contributed by atoms with van der Waals surface area (Å²) in [5, 5.41) is 8.65. The molecule has 3 rings (SSSR count). The van der Waals surface area contributed by atoms with E-state index < -0.39 is 0 Å². The van der Waals surface area contributed by atoms with Gasteiger partial charge in [0.1, 0.15) is 5.82 Å². The standard InChI is InChI=1S/C14H13ClN4O/c1-2-4-12-16-17-13-14(20)18(7-8-19(12)13)11-6-3-5-10(15)9-11/h3,5-9H,2,4H2,1H3. The van der Waals surface area contributed by atoms with Crippen molar-refractivity contribution in [1.82, 2.24) is 19.2 Å². The summed E-state index contributed by atoms with van der Waals surface area (Å²) in [6.45, 7) is 2.06. The van der Waals surface area contributed by atoms with Gasteiger partial charge in [0.2, 0.25) is 5.65 Å². The van der Waals surface area contributed by atoms with Crippen LogP contribution in [0, 0.1) is 0 Å². The van der Waals surface area contributed by atoms with Gasteiger partial charge in [-0.2, -0.15) is 0 Å². The summed E-state index contributed by atoms with van der Waals surface area (Å²) >= 11 is 5.96. The second-order valence-electron chi connectivity index (χ2n) is 4.51. The van der Waals surface area contributed by atoms with Gasteiger partial charge in [0, 0.05) is 23.8 Å². The van der Waals surface area contributed by atoms with E-state index in [4.69, 9.17) is 11.6 Å². The third kappa shape index (κ3) is 2.10. The number of aryl methyl sites for hydroxylation is 1. The lowest BCUT2D eigenvalue weighted by Gasteiger charge is -2.06. The van der Waals surface area contributed by atoms with Gasteiger partial charge in [0.15, 0.2) is 0 Å². The van der Waals surface area contributed by atoms with E-state index in [9.17, 15) is 4.79 Å². The topological polar surface area (TPSA) is 52.2 Å². The summed E-state index contributed by atoms with van der Waals surface area (Å²) in [6.07, 6.45) is 5.27. The number of fused-ring (bicyclic) bond motifs is 1. The van der Waals surface area contributed by atoms with Crippen LogP contribution in [0.5, 0.6) is 0 Å². The molecule has 20 heavy (non-hydrogen) atoms. The molecule has 0 fully saturated rings. The molecule has 2 aromatic heterocycles. The maximum Gasteiger partial charge on any atom is 0.300 e. The summed E-state index contributed by atoms with van der Waals surface area (Å²) in [7, 11) is 0. The lowest BCUT2D eigenvalue weighted by Crippen LogP contribution is -2.20. The number of nitrogens with zero attached hydrogens (tertiary/aromatic N) is 4. The van der Waals surface area contributed by atoms with Crippen molar-refractivity contribution in [2.24, 2.45) is 0 Å². The third-order valence-electron chi connectivity index (χ3n) is 3.10. The molecule has 0 saturated heterocycles. The predicted octanol–water partition coefficient (Wildman–Crippen LogP) is 2.49. The Kier molecular flexibility index (Phi) is 3.28. The number of aromatic nitrogens is 4. The first-order chi connectivity index (χ1) is 9.70. The van der Waals surface area contributed by atoms with Crippen LogP contribution in [0.2, 0.25) is 5.02 Å². The monoisotopic (exact) mass is 288 g/mol. The Bertz CT molecular complexity index is 821. The summed E-state index contributed by atoms with van der Waals surface area (Å²) in [4.78, 5) is 12.5. The van der Waals surface area contributed by atoms with Crippen molar-refractivity contribution in [2.75, 3.05) is 0 Å². The molecular formula is C14H13ClN4O. The molecule has 6 heteroatoms. The molecule has 0 unspecified atom stereocenters. The molecule has 0 aliphatic rings. The van der Waals surface area contributed by atoms with Crippen molar-refractivity contribution in [1.29, 1.82) is 0 Å². The Hall–Kier alpha value is -2.14. The van der Waals surface area contributed by atoms with Crippen LogP contribution in [-0.4, -0.2) is 19.2 Å². The highest BCUT2D eigenvalue weighted by Gasteiger charge is 2.10. The number of hydrogen-bond acceptors (Lipinski definition) is 3. The highest BCUT2D eigenvalue weighted by Crippen LogP contribution is 2.13. The van der Waals surface area contributed by atoms with Gasteiger partial charge >= 0.3 is 5.56 Å². The Morgan fingerprint density at radius 1 is 1.25 bits per heavy atom. The molecule has 1 aromatic carbocycles. The van der Waals surface area contributed by atoms with Crippen LogP contribution < -0.4 is 5.56 Å².